The molecule has 1 rings (SSSR count). The summed E-state index contributed by atoms with van der Waals surface area (Å²) in [4.78, 5) is 11.6. The lowest BCUT2D eigenvalue weighted by molar-refractivity contribution is -0.122. The van der Waals surface area contributed by atoms with Gasteiger partial charge in [0.25, 0.3) is 0 Å². The average molecular weight is 277 g/mol. The summed E-state index contributed by atoms with van der Waals surface area (Å²) in [6, 6.07) is 0.105. The van der Waals surface area contributed by atoms with Gasteiger partial charge in [0.2, 0.25) is 15.9 Å². The molecule has 0 atom stereocenters. The number of nitrogens with two attached hydrogens (primary N) is 1. The van der Waals surface area contributed by atoms with Gasteiger partial charge in [0.15, 0.2) is 0 Å². The summed E-state index contributed by atoms with van der Waals surface area (Å²) in [5.74, 6) is 0.0428. The molecule has 0 saturated carbocycles. The molecule has 6 nitrogen and oxygen atoms in total. The Bertz CT molecular complexity index is 362. The minimum atomic E-state index is -3.09. The number of amides is 1. The molecule has 1 saturated heterocycles. The maximum absolute atomic E-state index is 11.6. The number of unbranched alkanes of at least 4 members (excludes halogenated alkanes) is 1. The summed E-state index contributed by atoms with van der Waals surface area (Å²) in [5, 5.41) is 2.95. The maximum Gasteiger partial charge on any atom is 0.220 e. The van der Waals surface area contributed by atoms with Gasteiger partial charge >= 0.3 is 0 Å². The Morgan fingerprint density at radius 3 is 2.44 bits per heavy atom. The van der Waals surface area contributed by atoms with Gasteiger partial charge in [-0.05, 0) is 32.2 Å². The monoisotopic (exact) mass is 277 g/mol. The fourth-order valence-corrected chi connectivity index (χ4v) is 2.94. The molecule has 0 aromatic heterocycles. The zero-order valence-electron chi connectivity index (χ0n) is 10.9. The standard InChI is InChI=1S/C11H23N3O3S/c1-18(16,17)14-8-5-10(6-9-14)13-11(15)4-2-3-7-12/h10H,2-9,12H2,1H3,(H,13,15). The van der Waals surface area contributed by atoms with E-state index in [1.165, 1.54) is 10.6 Å². The van der Waals surface area contributed by atoms with Gasteiger partial charge in [-0.15, -0.1) is 0 Å². The van der Waals surface area contributed by atoms with Crippen LogP contribution in [0.2, 0.25) is 0 Å². The van der Waals surface area contributed by atoms with Crippen molar-refractivity contribution in [1.82, 2.24) is 9.62 Å². The summed E-state index contributed by atoms with van der Waals surface area (Å²) in [7, 11) is -3.09. The molecular formula is C11H23N3O3S. The molecule has 18 heavy (non-hydrogen) atoms. The summed E-state index contributed by atoms with van der Waals surface area (Å²) in [6.45, 7) is 1.60. The summed E-state index contributed by atoms with van der Waals surface area (Å²) in [5.41, 5.74) is 5.36. The van der Waals surface area contributed by atoms with Crippen molar-refractivity contribution in [3.8, 4) is 0 Å². The van der Waals surface area contributed by atoms with Crippen LogP contribution in [0.15, 0.2) is 0 Å². The number of carbonyl (C=O) groups is 1. The number of carbonyl (C=O) groups excluding carboxylic acids is 1. The van der Waals surface area contributed by atoms with Crippen LogP contribution in [0.3, 0.4) is 0 Å². The first-order valence-electron chi connectivity index (χ1n) is 6.38. The number of nitrogens with one attached hydrogen (secondary N) is 1. The SMILES string of the molecule is CS(=O)(=O)N1CCC(NC(=O)CCCCN)CC1. The van der Waals surface area contributed by atoms with E-state index in [4.69, 9.17) is 5.73 Å². The first-order valence-corrected chi connectivity index (χ1v) is 8.23. The van der Waals surface area contributed by atoms with E-state index in [1.54, 1.807) is 0 Å². The van der Waals surface area contributed by atoms with Crippen molar-refractivity contribution >= 4 is 15.9 Å². The van der Waals surface area contributed by atoms with Crippen LogP contribution in [0, 0.1) is 0 Å². The molecule has 1 heterocycles. The molecule has 1 amide bonds. The van der Waals surface area contributed by atoms with E-state index in [9.17, 15) is 13.2 Å². The van der Waals surface area contributed by atoms with Gasteiger partial charge in [-0.2, -0.15) is 0 Å². The van der Waals surface area contributed by atoms with E-state index in [-0.39, 0.29) is 11.9 Å². The second-order valence-corrected chi connectivity index (χ2v) is 6.73. The third-order valence-electron chi connectivity index (χ3n) is 3.15. The van der Waals surface area contributed by atoms with Crippen molar-refractivity contribution in [2.75, 3.05) is 25.9 Å². The molecular weight excluding hydrogens is 254 g/mol. The molecule has 0 spiro atoms. The highest BCUT2D eigenvalue weighted by atomic mass is 32.2. The minimum Gasteiger partial charge on any atom is -0.353 e. The van der Waals surface area contributed by atoms with Crippen LogP contribution in [-0.4, -0.2) is 50.6 Å². The van der Waals surface area contributed by atoms with Gasteiger partial charge < -0.3 is 11.1 Å². The molecule has 0 aromatic carbocycles. The number of piperidine rings is 1. The number of nitrogens with zero attached hydrogens (tertiary/aromatic N) is 1. The molecule has 1 aliphatic heterocycles. The predicted octanol–water partition coefficient (Wildman–Crippen LogP) is -0.344. The normalized spacial score (nSPS) is 18.8. The Morgan fingerprint density at radius 1 is 1.33 bits per heavy atom. The lowest BCUT2D eigenvalue weighted by Gasteiger charge is -2.30. The molecule has 1 fully saturated rings. The number of sulfonamides is 1. The Hall–Kier alpha value is -0.660. The molecule has 0 radical (unpaired) electrons. The van der Waals surface area contributed by atoms with E-state index in [2.05, 4.69) is 5.32 Å². The predicted molar refractivity (Wildman–Crippen MR) is 70.5 cm³/mol. The van der Waals surface area contributed by atoms with Crippen molar-refractivity contribution in [3.05, 3.63) is 0 Å². The van der Waals surface area contributed by atoms with Crippen LogP contribution in [0.5, 0.6) is 0 Å². The highest BCUT2D eigenvalue weighted by Gasteiger charge is 2.25. The second kappa shape index (κ2) is 7.06. The van der Waals surface area contributed by atoms with Gasteiger partial charge in [-0.3, -0.25) is 4.79 Å². The number of rotatable bonds is 6. The van der Waals surface area contributed by atoms with Crippen LogP contribution in [0.4, 0.5) is 0 Å². The molecule has 1 aliphatic rings. The summed E-state index contributed by atoms with van der Waals surface area (Å²) in [6.07, 6.45) is 4.78. The Morgan fingerprint density at radius 2 is 1.94 bits per heavy atom. The van der Waals surface area contributed by atoms with Crippen molar-refractivity contribution in [3.63, 3.8) is 0 Å². The van der Waals surface area contributed by atoms with Gasteiger partial charge in [-0.1, -0.05) is 0 Å². The Labute approximate surface area is 109 Å². The summed E-state index contributed by atoms with van der Waals surface area (Å²) >= 11 is 0. The highest BCUT2D eigenvalue weighted by Crippen LogP contribution is 2.13. The fraction of sp³-hybridized carbons (Fsp3) is 0.909. The fourth-order valence-electron chi connectivity index (χ4n) is 2.06. The van der Waals surface area contributed by atoms with Gasteiger partial charge in [0.1, 0.15) is 0 Å². The van der Waals surface area contributed by atoms with Crippen molar-refractivity contribution in [2.24, 2.45) is 5.73 Å². The average Bonchev–Trinajstić information content (AvgIpc) is 2.29. The molecule has 0 aliphatic carbocycles. The van der Waals surface area contributed by atoms with Crippen molar-refractivity contribution < 1.29 is 13.2 Å². The third-order valence-corrected chi connectivity index (χ3v) is 4.45. The third kappa shape index (κ3) is 5.32. The van der Waals surface area contributed by atoms with Crippen LogP contribution in [0.25, 0.3) is 0 Å². The van der Waals surface area contributed by atoms with Crippen molar-refractivity contribution in [2.45, 2.75) is 38.1 Å². The quantitative estimate of drug-likeness (QED) is 0.649. The second-order valence-electron chi connectivity index (χ2n) is 4.75. The number of hydrogen-bond donors (Lipinski definition) is 2. The molecule has 7 heteroatoms. The van der Waals surface area contributed by atoms with Crippen LogP contribution in [-0.2, 0) is 14.8 Å². The van der Waals surface area contributed by atoms with Gasteiger partial charge in [0.05, 0.1) is 6.26 Å². The van der Waals surface area contributed by atoms with E-state index in [1.807, 2.05) is 0 Å². The smallest absolute Gasteiger partial charge is 0.220 e. The van der Waals surface area contributed by atoms with E-state index >= 15 is 0 Å². The summed E-state index contributed by atoms with van der Waals surface area (Å²) < 4.78 is 24.1. The lowest BCUT2D eigenvalue weighted by atomic mass is 10.1. The largest absolute Gasteiger partial charge is 0.353 e. The van der Waals surface area contributed by atoms with Crippen molar-refractivity contribution in [1.29, 1.82) is 0 Å². The first kappa shape index (κ1) is 15.4. The zero-order chi connectivity index (χ0) is 13.6. The van der Waals surface area contributed by atoms with Crippen LogP contribution in [0.1, 0.15) is 32.1 Å². The van der Waals surface area contributed by atoms with Crippen LogP contribution < -0.4 is 11.1 Å². The molecule has 0 bridgehead atoms. The maximum atomic E-state index is 11.6. The topological polar surface area (TPSA) is 92.5 Å². The lowest BCUT2D eigenvalue weighted by Crippen LogP contribution is -2.46. The Balaban J connectivity index is 2.25. The highest BCUT2D eigenvalue weighted by molar-refractivity contribution is 7.88. The van der Waals surface area contributed by atoms with Gasteiger partial charge in [-0.25, -0.2) is 12.7 Å². The zero-order valence-corrected chi connectivity index (χ0v) is 11.7. The number of hydrogen-bond acceptors (Lipinski definition) is 4. The minimum absolute atomic E-state index is 0.0428. The Kier molecular flexibility index (Phi) is 6.04. The van der Waals surface area contributed by atoms with E-state index in [0.29, 0.717) is 38.9 Å². The van der Waals surface area contributed by atoms with E-state index < -0.39 is 10.0 Å². The molecule has 0 unspecified atom stereocenters. The van der Waals surface area contributed by atoms with E-state index in [0.717, 1.165) is 12.8 Å². The first-order chi connectivity index (χ1) is 8.43. The molecule has 3 N–H and O–H groups in total. The van der Waals surface area contributed by atoms with Gasteiger partial charge in [0, 0.05) is 25.6 Å². The molecule has 106 valence electrons. The molecule has 0 aromatic rings. The van der Waals surface area contributed by atoms with Crippen LogP contribution >= 0.6 is 0 Å².